The van der Waals surface area contributed by atoms with E-state index in [1.54, 1.807) is 26.2 Å². The van der Waals surface area contributed by atoms with Gasteiger partial charge in [-0.1, -0.05) is 36.0 Å². The van der Waals surface area contributed by atoms with E-state index in [4.69, 9.17) is 33.5 Å². The van der Waals surface area contributed by atoms with Crippen molar-refractivity contribution in [3.8, 4) is 5.75 Å². The number of carboxylic acid groups (broad SMARTS) is 1. The normalized spacial score (nSPS) is 17.4. The van der Waals surface area contributed by atoms with E-state index in [0.717, 1.165) is 16.8 Å². The highest BCUT2D eigenvalue weighted by Crippen LogP contribution is 2.30. The number of aliphatic imine (C=N–C) groups is 1. The fourth-order valence-corrected chi connectivity index (χ4v) is 3.23. The fraction of sp³-hybridized carbons (Fsp3) is 0.211. The second kappa shape index (κ2) is 7.43. The second-order valence-electron chi connectivity index (χ2n) is 5.96. The standard InChI is InChI=1S/C19H17ClN2O3S/c1-10(19(23)24)16-18(26)21-15-8-7-13(25-2)9-14(15)17(22-16)11-3-5-12(20)6-4-11/h3-10,16H,1-2H3,(H,21,26)(H,23,24)/t10?,16-/m0/s1. The van der Waals surface area contributed by atoms with Crippen molar-refractivity contribution in [2.45, 2.75) is 13.0 Å². The second-order valence-corrected chi connectivity index (χ2v) is 6.83. The third kappa shape index (κ3) is 3.57. The number of nitrogens with zero attached hydrogens (tertiary/aromatic N) is 1. The number of anilines is 1. The number of hydrogen-bond donors (Lipinski definition) is 2. The lowest BCUT2D eigenvalue weighted by molar-refractivity contribution is -0.141. The average Bonchev–Trinajstić information content (AvgIpc) is 2.77. The molecule has 2 aromatic rings. The van der Waals surface area contributed by atoms with Crippen LogP contribution < -0.4 is 10.1 Å². The molecule has 1 heterocycles. The van der Waals surface area contributed by atoms with Crippen molar-refractivity contribution in [3.63, 3.8) is 0 Å². The van der Waals surface area contributed by atoms with Crippen LogP contribution in [0.3, 0.4) is 0 Å². The average molecular weight is 389 g/mol. The summed E-state index contributed by atoms with van der Waals surface area (Å²) in [4.78, 5) is 16.6. The molecule has 0 fully saturated rings. The van der Waals surface area contributed by atoms with E-state index < -0.39 is 17.9 Å². The molecule has 0 saturated heterocycles. The van der Waals surface area contributed by atoms with Crippen molar-refractivity contribution in [3.05, 3.63) is 58.6 Å². The Bertz CT molecular complexity index is 896. The van der Waals surface area contributed by atoms with Gasteiger partial charge >= 0.3 is 5.97 Å². The smallest absolute Gasteiger partial charge is 0.308 e. The summed E-state index contributed by atoms with van der Waals surface area (Å²) < 4.78 is 5.33. The molecule has 1 aliphatic rings. The highest BCUT2D eigenvalue weighted by atomic mass is 35.5. The summed E-state index contributed by atoms with van der Waals surface area (Å²) >= 11 is 11.4. The minimum Gasteiger partial charge on any atom is -0.497 e. The summed E-state index contributed by atoms with van der Waals surface area (Å²) in [5.41, 5.74) is 3.00. The summed E-state index contributed by atoms with van der Waals surface area (Å²) in [6, 6.07) is 12.1. The Morgan fingerprint density at radius 1 is 1.31 bits per heavy atom. The van der Waals surface area contributed by atoms with Crippen LogP contribution in [-0.2, 0) is 4.79 Å². The van der Waals surface area contributed by atoms with Gasteiger partial charge in [-0.2, -0.15) is 0 Å². The molecule has 5 nitrogen and oxygen atoms in total. The van der Waals surface area contributed by atoms with E-state index in [2.05, 4.69) is 5.32 Å². The molecule has 3 rings (SSSR count). The molecule has 0 amide bonds. The van der Waals surface area contributed by atoms with Crippen LogP contribution in [0.5, 0.6) is 5.75 Å². The summed E-state index contributed by atoms with van der Waals surface area (Å²) in [6.07, 6.45) is 0. The van der Waals surface area contributed by atoms with E-state index in [1.165, 1.54) is 0 Å². The van der Waals surface area contributed by atoms with Gasteiger partial charge in [0.2, 0.25) is 0 Å². The van der Waals surface area contributed by atoms with Crippen LogP contribution >= 0.6 is 23.8 Å². The number of aliphatic carboxylic acids is 1. The Morgan fingerprint density at radius 3 is 2.62 bits per heavy atom. The number of benzodiazepines with no additional fused rings is 1. The van der Waals surface area contributed by atoms with Crippen LogP contribution in [0.25, 0.3) is 0 Å². The molecule has 2 atom stereocenters. The SMILES string of the molecule is COc1ccc2c(c1)C(c1ccc(Cl)cc1)=N[C@@H](C(C)C(=O)O)C(=S)N2. The minimum atomic E-state index is -0.957. The number of carbonyl (C=O) groups is 1. The van der Waals surface area contributed by atoms with Crippen molar-refractivity contribution in [2.75, 3.05) is 12.4 Å². The van der Waals surface area contributed by atoms with Gasteiger partial charge in [-0.05, 0) is 37.3 Å². The predicted molar refractivity (Wildman–Crippen MR) is 107 cm³/mol. The van der Waals surface area contributed by atoms with Gasteiger partial charge in [0.15, 0.2) is 0 Å². The maximum absolute atomic E-state index is 11.5. The number of benzene rings is 2. The zero-order valence-electron chi connectivity index (χ0n) is 14.2. The Labute approximate surface area is 161 Å². The number of hydrogen-bond acceptors (Lipinski definition) is 4. The first kappa shape index (κ1) is 18.4. The zero-order chi connectivity index (χ0) is 18.8. The van der Waals surface area contributed by atoms with E-state index in [9.17, 15) is 9.90 Å². The number of rotatable bonds is 4. The van der Waals surface area contributed by atoms with Gasteiger partial charge in [-0.3, -0.25) is 9.79 Å². The lowest BCUT2D eigenvalue weighted by Gasteiger charge is -2.17. The van der Waals surface area contributed by atoms with Crippen LogP contribution in [0.4, 0.5) is 5.69 Å². The van der Waals surface area contributed by atoms with Crippen LogP contribution in [0.2, 0.25) is 5.02 Å². The van der Waals surface area contributed by atoms with E-state index in [0.29, 0.717) is 21.5 Å². The molecule has 0 aromatic heterocycles. The van der Waals surface area contributed by atoms with Crippen LogP contribution in [-0.4, -0.2) is 34.9 Å². The third-order valence-corrected chi connectivity index (χ3v) is 4.85. The number of thiocarbonyl (C=S) groups is 1. The number of ether oxygens (including phenoxy) is 1. The fourth-order valence-electron chi connectivity index (χ4n) is 2.74. The number of methoxy groups -OCH3 is 1. The van der Waals surface area contributed by atoms with Gasteiger partial charge in [0.05, 0.1) is 18.7 Å². The lowest BCUT2D eigenvalue weighted by Crippen LogP contribution is -2.34. The maximum atomic E-state index is 11.5. The molecule has 2 N–H and O–H groups in total. The summed E-state index contributed by atoms with van der Waals surface area (Å²) in [5, 5.41) is 13.2. The molecule has 0 bridgehead atoms. The van der Waals surface area contributed by atoms with Gasteiger partial charge in [-0.15, -0.1) is 0 Å². The Balaban J connectivity index is 2.22. The van der Waals surface area contributed by atoms with Gasteiger partial charge in [0.1, 0.15) is 16.8 Å². The summed E-state index contributed by atoms with van der Waals surface area (Å²) in [5.74, 6) is -1.06. The molecule has 2 aromatic carbocycles. The van der Waals surface area contributed by atoms with Gasteiger partial charge in [0.25, 0.3) is 0 Å². The van der Waals surface area contributed by atoms with Crippen molar-refractivity contribution < 1.29 is 14.6 Å². The largest absolute Gasteiger partial charge is 0.497 e. The molecular weight excluding hydrogens is 372 g/mol. The molecule has 1 aliphatic heterocycles. The topological polar surface area (TPSA) is 70.9 Å². The van der Waals surface area contributed by atoms with E-state index >= 15 is 0 Å². The molecule has 26 heavy (non-hydrogen) atoms. The highest BCUT2D eigenvalue weighted by molar-refractivity contribution is 7.80. The zero-order valence-corrected chi connectivity index (χ0v) is 15.8. The first-order chi connectivity index (χ1) is 12.4. The molecule has 0 radical (unpaired) electrons. The van der Waals surface area contributed by atoms with E-state index in [-0.39, 0.29) is 0 Å². The maximum Gasteiger partial charge on any atom is 0.308 e. The quantitative estimate of drug-likeness (QED) is 0.774. The highest BCUT2D eigenvalue weighted by Gasteiger charge is 2.31. The number of nitrogens with one attached hydrogen (secondary N) is 1. The van der Waals surface area contributed by atoms with Gasteiger partial charge in [0, 0.05) is 21.8 Å². The molecule has 0 spiro atoms. The Hall–Kier alpha value is -2.44. The number of carboxylic acids is 1. The number of fused-ring (bicyclic) bond motifs is 1. The lowest BCUT2D eigenvalue weighted by atomic mass is 9.99. The van der Waals surface area contributed by atoms with Crippen LogP contribution in [0.1, 0.15) is 18.1 Å². The third-order valence-electron chi connectivity index (χ3n) is 4.26. The van der Waals surface area contributed by atoms with Crippen LogP contribution in [0, 0.1) is 5.92 Å². The number of halogens is 1. The van der Waals surface area contributed by atoms with Crippen molar-refractivity contribution >= 4 is 46.2 Å². The van der Waals surface area contributed by atoms with E-state index in [1.807, 2.05) is 30.3 Å². The first-order valence-corrected chi connectivity index (χ1v) is 8.75. The molecule has 134 valence electrons. The molecule has 7 heteroatoms. The molecule has 0 saturated carbocycles. The predicted octanol–water partition coefficient (Wildman–Crippen LogP) is 4.03. The van der Waals surface area contributed by atoms with Crippen molar-refractivity contribution in [1.82, 2.24) is 0 Å². The monoisotopic (exact) mass is 388 g/mol. The molecule has 0 aliphatic carbocycles. The van der Waals surface area contributed by atoms with Gasteiger partial charge in [-0.25, -0.2) is 0 Å². The molecular formula is C19H17ClN2O3S. The first-order valence-electron chi connectivity index (χ1n) is 7.96. The van der Waals surface area contributed by atoms with Gasteiger partial charge < -0.3 is 15.2 Å². The van der Waals surface area contributed by atoms with Crippen molar-refractivity contribution in [1.29, 1.82) is 0 Å². The van der Waals surface area contributed by atoms with Crippen LogP contribution in [0.15, 0.2) is 47.5 Å². The summed E-state index contributed by atoms with van der Waals surface area (Å²) in [7, 11) is 1.59. The Kier molecular flexibility index (Phi) is 5.25. The minimum absolute atomic E-state index is 0.371. The molecule has 1 unspecified atom stereocenters. The van der Waals surface area contributed by atoms with Crippen molar-refractivity contribution in [2.24, 2.45) is 10.9 Å². The Morgan fingerprint density at radius 2 is 2.00 bits per heavy atom. The summed E-state index contributed by atoms with van der Waals surface area (Å²) in [6.45, 7) is 1.60.